The van der Waals surface area contributed by atoms with E-state index >= 15 is 0 Å². The van der Waals surface area contributed by atoms with E-state index in [4.69, 9.17) is 21.6 Å². The summed E-state index contributed by atoms with van der Waals surface area (Å²) in [4.78, 5) is 10.9. The first-order valence-electron chi connectivity index (χ1n) is 8.89. The number of nitriles is 1. The maximum absolute atomic E-state index is 8.83. The Morgan fingerprint density at radius 1 is 1.15 bits per heavy atom. The SMILES string of the molecule is CN1CCCCC1.COc1nc(-c2ccc(C#N)cc2)c(Cl)n2ccnc12. The molecule has 0 radical (unpaired) electrons. The third-order valence-corrected chi connectivity index (χ3v) is 4.87. The van der Waals surface area contributed by atoms with Gasteiger partial charge in [0.05, 0.1) is 18.7 Å². The van der Waals surface area contributed by atoms with E-state index in [1.165, 1.54) is 39.5 Å². The molecule has 27 heavy (non-hydrogen) atoms. The zero-order valence-electron chi connectivity index (χ0n) is 15.5. The molecular formula is C20H22ClN5O. The van der Waals surface area contributed by atoms with E-state index in [9.17, 15) is 0 Å². The van der Waals surface area contributed by atoms with E-state index in [0.717, 1.165) is 5.56 Å². The molecule has 1 saturated heterocycles. The highest BCUT2D eigenvalue weighted by atomic mass is 35.5. The zero-order valence-corrected chi connectivity index (χ0v) is 16.3. The minimum absolute atomic E-state index is 0.402. The van der Waals surface area contributed by atoms with Crippen molar-refractivity contribution < 1.29 is 4.74 Å². The van der Waals surface area contributed by atoms with Gasteiger partial charge < -0.3 is 9.64 Å². The number of ether oxygens (including phenoxy) is 1. The van der Waals surface area contributed by atoms with Crippen LogP contribution in [0.5, 0.6) is 5.88 Å². The lowest BCUT2D eigenvalue weighted by Crippen LogP contribution is -2.24. The second kappa shape index (κ2) is 8.85. The maximum atomic E-state index is 8.83. The van der Waals surface area contributed by atoms with Crippen LogP contribution < -0.4 is 4.74 Å². The molecule has 0 amide bonds. The van der Waals surface area contributed by atoms with Crippen LogP contribution in [0.25, 0.3) is 16.9 Å². The summed E-state index contributed by atoms with van der Waals surface area (Å²) in [5, 5.41) is 9.27. The molecule has 1 aromatic carbocycles. The average Bonchev–Trinajstić information content (AvgIpc) is 3.20. The molecule has 2 aromatic heterocycles. The Morgan fingerprint density at radius 2 is 1.85 bits per heavy atom. The summed E-state index contributed by atoms with van der Waals surface area (Å²) < 4.78 is 6.95. The van der Waals surface area contributed by atoms with E-state index in [0.29, 0.717) is 27.9 Å². The molecule has 0 saturated carbocycles. The number of nitrogens with zero attached hydrogens (tertiary/aromatic N) is 5. The lowest BCUT2D eigenvalue weighted by Gasteiger charge is -2.20. The summed E-state index contributed by atoms with van der Waals surface area (Å²) in [7, 11) is 3.73. The smallest absolute Gasteiger partial charge is 0.258 e. The monoisotopic (exact) mass is 383 g/mol. The molecule has 1 aliphatic rings. The molecule has 0 N–H and O–H groups in total. The van der Waals surface area contributed by atoms with Crippen molar-refractivity contribution in [3.63, 3.8) is 0 Å². The predicted octanol–water partition coefficient (Wildman–Crippen LogP) is 4.03. The van der Waals surface area contributed by atoms with Crippen molar-refractivity contribution >= 4 is 17.2 Å². The van der Waals surface area contributed by atoms with Crippen molar-refractivity contribution in [2.24, 2.45) is 0 Å². The minimum Gasteiger partial charge on any atom is -0.478 e. The summed E-state index contributed by atoms with van der Waals surface area (Å²) in [5.74, 6) is 0.402. The number of hydrogen-bond donors (Lipinski definition) is 0. The number of piperidine rings is 1. The molecule has 0 aliphatic carbocycles. The molecule has 0 spiro atoms. The lowest BCUT2D eigenvalue weighted by molar-refractivity contribution is 0.277. The number of rotatable bonds is 2. The third-order valence-electron chi connectivity index (χ3n) is 4.51. The topological polar surface area (TPSA) is 66.5 Å². The van der Waals surface area contributed by atoms with Gasteiger partial charge in [-0.25, -0.2) is 9.97 Å². The number of fused-ring (bicyclic) bond motifs is 1. The minimum atomic E-state index is 0.402. The number of imidazole rings is 1. The Hall–Kier alpha value is -2.62. The number of halogens is 1. The highest BCUT2D eigenvalue weighted by Crippen LogP contribution is 2.30. The number of methoxy groups -OCH3 is 1. The van der Waals surface area contributed by atoms with Gasteiger partial charge in [-0.3, -0.25) is 4.40 Å². The Balaban J connectivity index is 0.000000253. The van der Waals surface area contributed by atoms with Gasteiger partial charge in [-0.05, 0) is 45.1 Å². The van der Waals surface area contributed by atoms with Gasteiger partial charge >= 0.3 is 0 Å². The zero-order chi connectivity index (χ0) is 19.2. The van der Waals surface area contributed by atoms with Crippen LogP contribution in [0.1, 0.15) is 24.8 Å². The standard InChI is InChI=1S/C14H9ClN4O.C6H13N/c1-20-14-13-17-6-7-19(13)12(15)11(18-14)10-4-2-9(8-16)3-5-10;1-7-5-3-2-4-6-7/h2-7H,1H3;2-6H2,1H3. The number of likely N-dealkylation sites (tertiary alicyclic amines) is 1. The molecule has 4 rings (SSSR count). The van der Waals surface area contributed by atoms with Crippen LogP contribution >= 0.6 is 11.6 Å². The van der Waals surface area contributed by atoms with Crippen LogP contribution in [-0.4, -0.2) is 46.5 Å². The molecule has 140 valence electrons. The first-order valence-corrected chi connectivity index (χ1v) is 9.27. The van der Waals surface area contributed by atoms with Gasteiger partial charge in [-0.1, -0.05) is 30.2 Å². The number of aromatic nitrogens is 3. The van der Waals surface area contributed by atoms with Gasteiger partial charge in [0, 0.05) is 18.0 Å². The van der Waals surface area contributed by atoms with E-state index in [-0.39, 0.29) is 0 Å². The summed E-state index contributed by atoms with van der Waals surface area (Å²) in [6.45, 7) is 2.64. The third kappa shape index (κ3) is 4.38. The first-order chi connectivity index (χ1) is 13.1. The Morgan fingerprint density at radius 3 is 2.41 bits per heavy atom. The maximum Gasteiger partial charge on any atom is 0.258 e. The van der Waals surface area contributed by atoms with Crippen molar-refractivity contribution in [1.82, 2.24) is 19.3 Å². The van der Waals surface area contributed by atoms with E-state index in [1.54, 1.807) is 41.1 Å². The van der Waals surface area contributed by atoms with Gasteiger partial charge in [-0.15, -0.1) is 0 Å². The molecule has 0 atom stereocenters. The van der Waals surface area contributed by atoms with E-state index < -0.39 is 0 Å². The summed E-state index contributed by atoms with van der Waals surface area (Å²) in [6, 6.07) is 9.12. The van der Waals surface area contributed by atoms with Gasteiger partial charge in [0.25, 0.3) is 5.88 Å². The molecule has 1 aliphatic heterocycles. The largest absolute Gasteiger partial charge is 0.478 e. The predicted molar refractivity (Wildman–Crippen MR) is 106 cm³/mol. The van der Waals surface area contributed by atoms with Crippen molar-refractivity contribution in [3.05, 3.63) is 47.4 Å². The molecule has 7 heteroatoms. The Kier molecular flexibility index (Phi) is 6.28. The van der Waals surface area contributed by atoms with Gasteiger partial charge in [0.2, 0.25) is 5.65 Å². The van der Waals surface area contributed by atoms with Crippen molar-refractivity contribution in [2.75, 3.05) is 27.2 Å². The van der Waals surface area contributed by atoms with Crippen LogP contribution in [0.4, 0.5) is 0 Å². The van der Waals surface area contributed by atoms with Crippen LogP contribution in [0, 0.1) is 11.3 Å². The summed E-state index contributed by atoms with van der Waals surface area (Å²) >= 11 is 6.36. The number of benzene rings is 1. The second-order valence-corrected chi connectivity index (χ2v) is 6.79. The van der Waals surface area contributed by atoms with Gasteiger partial charge in [0.15, 0.2) is 0 Å². The quantitative estimate of drug-likeness (QED) is 0.668. The molecule has 0 unspecified atom stereocenters. The lowest BCUT2D eigenvalue weighted by atomic mass is 10.1. The van der Waals surface area contributed by atoms with Crippen LogP contribution in [0.15, 0.2) is 36.7 Å². The molecule has 1 fully saturated rings. The average molecular weight is 384 g/mol. The van der Waals surface area contributed by atoms with Crippen molar-refractivity contribution in [1.29, 1.82) is 5.26 Å². The normalized spacial score (nSPS) is 14.3. The Bertz CT molecular complexity index is 939. The van der Waals surface area contributed by atoms with Crippen LogP contribution in [0.3, 0.4) is 0 Å². The molecule has 6 nitrogen and oxygen atoms in total. The van der Waals surface area contributed by atoms with Crippen LogP contribution in [-0.2, 0) is 0 Å². The highest BCUT2D eigenvalue weighted by molar-refractivity contribution is 6.32. The second-order valence-electron chi connectivity index (χ2n) is 6.43. The van der Waals surface area contributed by atoms with Gasteiger partial charge in [-0.2, -0.15) is 5.26 Å². The van der Waals surface area contributed by atoms with E-state index in [2.05, 4.69) is 28.0 Å². The van der Waals surface area contributed by atoms with Crippen LogP contribution in [0.2, 0.25) is 5.15 Å². The van der Waals surface area contributed by atoms with Crippen molar-refractivity contribution in [2.45, 2.75) is 19.3 Å². The molecular weight excluding hydrogens is 362 g/mol. The first kappa shape index (κ1) is 19.2. The number of hydrogen-bond acceptors (Lipinski definition) is 5. The van der Waals surface area contributed by atoms with Crippen molar-refractivity contribution in [3.8, 4) is 23.2 Å². The summed E-state index contributed by atoms with van der Waals surface area (Å²) in [5.41, 5.74) is 2.54. The fourth-order valence-corrected chi connectivity index (χ4v) is 3.29. The molecule has 3 heterocycles. The molecule has 0 bridgehead atoms. The molecule has 3 aromatic rings. The van der Waals surface area contributed by atoms with E-state index in [1.807, 2.05) is 0 Å². The van der Waals surface area contributed by atoms with Gasteiger partial charge in [0.1, 0.15) is 10.8 Å². The summed E-state index contributed by atoms with van der Waals surface area (Å²) in [6.07, 6.45) is 7.65. The highest BCUT2D eigenvalue weighted by Gasteiger charge is 2.15. The fraction of sp³-hybridized carbons (Fsp3) is 0.350. The Labute approximate surface area is 164 Å². The fourth-order valence-electron chi connectivity index (χ4n) is 3.01.